The van der Waals surface area contributed by atoms with Crippen LogP contribution in [0.5, 0.6) is 0 Å². The van der Waals surface area contributed by atoms with Crippen molar-refractivity contribution in [2.24, 2.45) is 5.84 Å². The molecule has 102 valence electrons. The van der Waals surface area contributed by atoms with E-state index in [1.165, 1.54) is 21.2 Å². The molecule has 0 aliphatic heterocycles. The zero-order valence-corrected chi connectivity index (χ0v) is 12.4. The molecule has 20 heavy (non-hydrogen) atoms. The molecule has 0 aliphatic carbocycles. The van der Waals surface area contributed by atoms with Gasteiger partial charge in [-0.1, -0.05) is 48.0 Å². The smallest absolute Gasteiger partial charge is 0.0931 e. The van der Waals surface area contributed by atoms with Gasteiger partial charge in [-0.3, -0.25) is 11.3 Å². The lowest BCUT2D eigenvalue weighted by atomic mass is 10.00. The van der Waals surface area contributed by atoms with E-state index in [2.05, 4.69) is 47.9 Å². The molecule has 0 amide bonds. The molecule has 3 rings (SSSR count). The normalized spacial score (nSPS) is 12.7. The van der Waals surface area contributed by atoms with E-state index in [0.717, 1.165) is 10.8 Å². The van der Waals surface area contributed by atoms with Crippen LogP contribution in [0.15, 0.2) is 54.6 Å². The number of halogens is 1. The molecule has 2 nitrogen and oxygen atoms in total. The second-order valence-electron chi connectivity index (χ2n) is 4.74. The molecule has 0 fully saturated rings. The Bertz CT molecular complexity index is 723. The van der Waals surface area contributed by atoms with Crippen LogP contribution in [0.3, 0.4) is 0 Å². The number of hydrogen-bond donors (Lipinski definition) is 2. The maximum absolute atomic E-state index is 5.98. The van der Waals surface area contributed by atoms with Gasteiger partial charge in [-0.2, -0.15) is 0 Å². The Balaban J connectivity index is 1.90. The van der Waals surface area contributed by atoms with Gasteiger partial charge < -0.3 is 0 Å². The van der Waals surface area contributed by atoms with E-state index in [0.29, 0.717) is 0 Å². The third kappa shape index (κ3) is 2.86. The first-order valence-electron chi connectivity index (χ1n) is 6.45. The molecule has 1 atom stereocenters. The highest BCUT2D eigenvalue weighted by Gasteiger charge is 2.12. The van der Waals surface area contributed by atoms with Gasteiger partial charge in [-0.15, -0.1) is 11.3 Å². The van der Waals surface area contributed by atoms with Crippen LogP contribution in [-0.4, -0.2) is 0 Å². The van der Waals surface area contributed by atoms with Crippen molar-refractivity contribution in [1.82, 2.24) is 5.43 Å². The summed E-state index contributed by atoms with van der Waals surface area (Å²) in [6.45, 7) is 0. The number of thiophene rings is 1. The van der Waals surface area contributed by atoms with Gasteiger partial charge in [-0.05, 0) is 34.5 Å². The molecule has 3 N–H and O–H groups in total. The number of rotatable bonds is 4. The average Bonchev–Trinajstić information content (AvgIpc) is 2.89. The van der Waals surface area contributed by atoms with Crippen molar-refractivity contribution in [3.8, 4) is 0 Å². The van der Waals surface area contributed by atoms with Crippen molar-refractivity contribution in [2.45, 2.75) is 12.5 Å². The quantitative estimate of drug-likeness (QED) is 0.557. The fourth-order valence-corrected chi connectivity index (χ4v) is 3.49. The highest BCUT2D eigenvalue weighted by molar-refractivity contribution is 7.16. The van der Waals surface area contributed by atoms with Crippen LogP contribution < -0.4 is 11.3 Å². The second kappa shape index (κ2) is 5.94. The first-order chi connectivity index (χ1) is 9.76. The topological polar surface area (TPSA) is 38.0 Å². The van der Waals surface area contributed by atoms with Gasteiger partial charge in [0, 0.05) is 11.3 Å². The predicted octanol–water partition coefficient (Wildman–Crippen LogP) is 4.30. The Morgan fingerprint density at radius 1 is 1.05 bits per heavy atom. The third-order valence-corrected chi connectivity index (χ3v) is 4.66. The summed E-state index contributed by atoms with van der Waals surface area (Å²) in [5.74, 6) is 5.73. The van der Waals surface area contributed by atoms with Gasteiger partial charge in [-0.25, -0.2) is 0 Å². The molecule has 0 saturated heterocycles. The largest absolute Gasteiger partial charge is 0.271 e. The first-order valence-corrected chi connectivity index (χ1v) is 7.65. The average molecular weight is 303 g/mol. The van der Waals surface area contributed by atoms with Crippen LogP contribution in [0.2, 0.25) is 4.34 Å². The zero-order chi connectivity index (χ0) is 13.9. The van der Waals surface area contributed by atoms with E-state index < -0.39 is 0 Å². The molecular weight excluding hydrogens is 288 g/mol. The van der Waals surface area contributed by atoms with Crippen LogP contribution in [0.25, 0.3) is 10.8 Å². The monoisotopic (exact) mass is 302 g/mol. The lowest BCUT2D eigenvalue weighted by Gasteiger charge is -2.16. The SMILES string of the molecule is NNC(Cc1ccc(Cl)s1)c1ccc2ccccc2c1. The van der Waals surface area contributed by atoms with Crippen LogP contribution in [0.1, 0.15) is 16.5 Å². The summed E-state index contributed by atoms with van der Waals surface area (Å²) >= 11 is 7.58. The van der Waals surface area contributed by atoms with E-state index in [4.69, 9.17) is 17.4 Å². The Morgan fingerprint density at radius 3 is 2.55 bits per heavy atom. The molecule has 1 unspecified atom stereocenters. The molecule has 2 aromatic carbocycles. The van der Waals surface area contributed by atoms with E-state index in [9.17, 15) is 0 Å². The Labute approximate surface area is 127 Å². The summed E-state index contributed by atoms with van der Waals surface area (Å²) in [5.41, 5.74) is 4.09. The van der Waals surface area contributed by atoms with Gasteiger partial charge in [0.1, 0.15) is 0 Å². The number of hydrogen-bond acceptors (Lipinski definition) is 3. The van der Waals surface area contributed by atoms with Crippen molar-refractivity contribution in [2.75, 3.05) is 0 Å². The third-order valence-electron chi connectivity index (χ3n) is 3.41. The number of fused-ring (bicyclic) bond motifs is 1. The highest BCUT2D eigenvalue weighted by atomic mass is 35.5. The van der Waals surface area contributed by atoms with Crippen molar-refractivity contribution in [3.05, 3.63) is 69.4 Å². The van der Waals surface area contributed by atoms with E-state index in [1.807, 2.05) is 12.1 Å². The molecule has 0 saturated carbocycles. The molecular formula is C16H15ClN2S. The maximum atomic E-state index is 5.98. The summed E-state index contributed by atoms with van der Waals surface area (Å²) in [6, 6.07) is 18.9. The van der Waals surface area contributed by atoms with Gasteiger partial charge in [0.25, 0.3) is 0 Å². The van der Waals surface area contributed by atoms with Gasteiger partial charge in [0.2, 0.25) is 0 Å². The lowest BCUT2D eigenvalue weighted by molar-refractivity contribution is 0.556. The van der Waals surface area contributed by atoms with Gasteiger partial charge in [0.15, 0.2) is 0 Å². The number of nitrogens with one attached hydrogen (secondary N) is 1. The maximum Gasteiger partial charge on any atom is 0.0931 e. The zero-order valence-electron chi connectivity index (χ0n) is 10.8. The molecule has 4 heteroatoms. The molecule has 1 heterocycles. The van der Waals surface area contributed by atoms with Crippen molar-refractivity contribution in [3.63, 3.8) is 0 Å². The van der Waals surface area contributed by atoms with Crippen molar-refractivity contribution in [1.29, 1.82) is 0 Å². The number of nitrogens with two attached hydrogens (primary N) is 1. The minimum absolute atomic E-state index is 0.0920. The lowest BCUT2D eigenvalue weighted by Crippen LogP contribution is -2.29. The van der Waals surface area contributed by atoms with E-state index in [-0.39, 0.29) is 6.04 Å². The Hall–Kier alpha value is -1.39. The number of benzene rings is 2. The summed E-state index contributed by atoms with van der Waals surface area (Å²) < 4.78 is 0.814. The fraction of sp³-hybridized carbons (Fsp3) is 0.125. The summed E-state index contributed by atoms with van der Waals surface area (Å²) in [6.07, 6.45) is 0.840. The van der Waals surface area contributed by atoms with Crippen molar-refractivity contribution >= 4 is 33.7 Å². The van der Waals surface area contributed by atoms with Gasteiger partial charge >= 0.3 is 0 Å². The minimum atomic E-state index is 0.0920. The van der Waals surface area contributed by atoms with Crippen LogP contribution >= 0.6 is 22.9 Å². The summed E-state index contributed by atoms with van der Waals surface area (Å²) in [5, 5.41) is 2.47. The van der Waals surface area contributed by atoms with Crippen molar-refractivity contribution < 1.29 is 0 Å². The fourth-order valence-electron chi connectivity index (χ4n) is 2.36. The van der Waals surface area contributed by atoms with Crippen LogP contribution in [0, 0.1) is 0 Å². The van der Waals surface area contributed by atoms with Gasteiger partial charge in [0.05, 0.1) is 10.4 Å². The molecule has 0 radical (unpaired) electrons. The second-order valence-corrected chi connectivity index (χ2v) is 6.54. The molecule has 0 bridgehead atoms. The molecule has 0 aliphatic rings. The number of hydrazine groups is 1. The predicted molar refractivity (Wildman–Crippen MR) is 87.0 cm³/mol. The Morgan fingerprint density at radius 2 is 1.85 bits per heavy atom. The van der Waals surface area contributed by atoms with E-state index >= 15 is 0 Å². The Kier molecular flexibility index (Phi) is 4.03. The van der Waals surface area contributed by atoms with Crippen LogP contribution in [0.4, 0.5) is 0 Å². The molecule has 1 aromatic heterocycles. The van der Waals surface area contributed by atoms with E-state index in [1.54, 1.807) is 11.3 Å². The summed E-state index contributed by atoms with van der Waals surface area (Å²) in [4.78, 5) is 1.23. The standard InChI is InChI=1S/C16H15ClN2S/c17-16-8-7-14(20-16)10-15(19-18)13-6-5-11-3-1-2-4-12(11)9-13/h1-9,15,19H,10,18H2. The minimum Gasteiger partial charge on any atom is -0.271 e. The molecule has 0 spiro atoms. The molecule has 3 aromatic rings. The first kappa shape index (κ1) is 13.6. The highest BCUT2D eigenvalue weighted by Crippen LogP contribution is 2.27. The summed E-state index contributed by atoms with van der Waals surface area (Å²) in [7, 11) is 0. The van der Waals surface area contributed by atoms with Crippen LogP contribution in [-0.2, 0) is 6.42 Å².